The van der Waals surface area contributed by atoms with Crippen LogP contribution in [0, 0.1) is 5.92 Å². The maximum Gasteiger partial charge on any atom is 0.274 e. The number of amides is 3. The minimum absolute atomic E-state index is 0.0411. The fourth-order valence-corrected chi connectivity index (χ4v) is 14.8. The highest BCUT2D eigenvalue weighted by Gasteiger charge is 2.30. The third-order valence-corrected chi connectivity index (χ3v) is 20.4. The lowest BCUT2D eigenvalue weighted by Crippen LogP contribution is -2.49. The fraction of sp³-hybridized carbons (Fsp3) is 0.310. The van der Waals surface area contributed by atoms with Gasteiger partial charge in [0, 0.05) is 226 Å². The number of ether oxygens (including phenoxy) is 1. The van der Waals surface area contributed by atoms with Crippen LogP contribution in [0.25, 0.3) is 50.3 Å². The van der Waals surface area contributed by atoms with Gasteiger partial charge >= 0.3 is 0 Å². The summed E-state index contributed by atoms with van der Waals surface area (Å²) in [5.41, 5.74) is 29.7. The molecule has 23 nitrogen and oxygen atoms in total. The minimum Gasteiger partial charge on any atom is -0.381 e. The SMILES string of the molecule is Cn1cnc(C(=O)N2CCN(c3cnc4cc(CN)c(-c5ccc(Cl)cc5Cl)cn34)CC2)c1.NCc1cc2ncc(N3CCN(C(=O)CC4CCOCC4)CC3)n2cc1-c1ccc(Cl)cc1Cl.NCc1cc2ncc(N3CCN(C(=O)c4cnccn4)CC3)n2cc1-c1ccc(Cl)cc1Cl. The quantitative estimate of drug-likeness (QED) is 0.0970. The van der Waals surface area contributed by atoms with Crippen LogP contribution in [-0.2, 0) is 36.2 Å². The number of halogens is 6. The first kappa shape index (κ1) is 69.9. The summed E-state index contributed by atoms with van der Waals surface area (Å²) < 4.78 is 13.4. The highest BCUT2D eigenvalue weighted by Crippen LogP contribution is 2.38. The molecule has 29 heteroatoms. The van der Waals surface area contributed by atoms with Gasteiger partial charge in [-0.05, 0) is 90.0 Å². The van der Waals surface area contributed by atoms with E-state index in [1.54, 1.807) is 46.4 Å². The Kier molecular flexibility index (Phi) is 21.7. The van der Waals surface area contributed by atoms with E-state index >= 15 is 0 Å². The number of carbonyl (C=O) groups excluding carboxylic acids is 3. The molecule has 0 radical (unpaired) electrons. The number of rotatable bonds is 13. The second-order valence-corrected chi connectivity index (χ2v) is 27.4. The predicted octanol–water partition coefficient (Wildman–Crippen LogP) is 11.2. The topological polar surface area (TPSA) is 253 Å². The number of aromatic nitrogens is 10. The van der Waals surface area contributed by atoms with Crippen LogP contribution >= 0.6 is 69.6 Å². The van der Waals surface area contributed by atoms with Crippen LogP contribution in [0.4, 0.5) is 17.5 Å². The van der Waals surface area contributed by atoms with E-state index in [1.807, 2.05) is 107 Å². The van der Waals surface area contributed by atoms with Crippen LogP contribution in [0.1, 0.15) is 56.9 Å². The lowest BCUT2D eigenvalue weighted by Gasteiger charge is -2.36. The molecule has 4 aliphatic rings. The Morgan fingerprint density at radius 3 is 1.19 bits per heavy atom. The molecule has 0 unspecified atom stereocenters. The number of benzene rings is 3. The van der Waals surface area contributed by atoms with E-state index in [9.17, 15) is 14.4 Å². The van der Waals surface area contributed by atoms with Gasteiger partial charge in [-0.25, -0.2) is 24.9 Å². The normalized spacial score (nSPS) is 15.3. The molecule has 15 rings (SSSR count). The first-order chi connectivity index (χ1) is 48.5. The van der Waals surface area contributed by atoms with E-state index in [4.69, 9.17) is 91.5 Å². The minimum atomic E-state index is -0.104. The number of hydrogen-bond acceptors (Lipinski definition) is 16. The van der Waals surface area contributed by atoms with E-state index < -0.39 is 0 Å². The zero-order valence-corrected chi connectivity index (χ0v) is 59.3. The van der Waals surface area contributed by atoms with Gasteiger partial charge in [-0.3, -0.25) is 32.6 Å². The summed E-state index contributed by atoms with van der Waals surface area (Å²) in [6, 6.07) is 22.4. The van der Waals surface area contributed by atoms with E-state index in [1.165, 1.54) is 12.4 Å². The molecule has 6 N–H and O–H groups in total. The van der Waals surface area contributed by atoms with Crippen molar-refractivity contribution in [3.05, 3.63) is 199 Å². The van der Waals surface area contributed by atoms with Crippen molar-refractivity contribution in [2.24, 2.45) is 30.2 Å². The van der Waals surface area contributed by atoms with E-state index in [2.05, 4.69) is 59.6 Å². The number of pyridine rings is 3. The predicted molar refractivity (Wildman–Crippen MR) is 394 cm³/mol. The summed E-state index contributed by atoms with van der Waals surface area (Å²) in [6.07, 6.45) is 22.3. The van der Waals surface area contributed by atoms with Gasteiger partial charge in [0.05, 0.1) is 31.1 Å². The summed E-state index contributed by atoms with van der Waals surface area (Å²) in [5, 5.41) is 3.47. The monoisotopic (exact) mass is 1470 g/mol. The molecule has 0 aliphatic carbocycles. The molecule has 100 heavy (non-hydrogen) atoms. The summed E-state index contributed by atoms with van der Waals surface area (Å²) >= 11 is 37.8. The molecule has 4 saturated heterocycles. The van der Waals surface area contributed by atoms with Crippen LogP contribution in [0.2, 0.25) is 30.1 Å². The molecule has 3 amide bonds. The third-order valence-electron chi connectivity index (χ3n) is 18.7. The maximum absolute atomic E-state index is 12.8. The number of nitrogens with zero attached hydrogens (tertiary/aromatic N) is 16. The molecule has 8 aromatic heterocycles. The van der Waals surface area contributed by atoms with Crippen molar-refractivity contribution in [2.45, 2.75) is 38.9 Å². The second kappa shape index (κ2) is 31.1. The summed E-state index contributed by atoms with van der Waals surface area (Å²) in [7, 11) is 1.86. The maximum atomic E-state index is 12.8. The Morgan fingerprint density at radius 2 is 0.840 bits per heavy atom. The number of imidazole rings is 4. The Labute approximate surface area is 607 Å². The molecule has 518 valence electrons. The molecule has 4 fully saturated rings. The molecule has 11 aromatic rings. The molecular weight excluding hydrogens is 1400 g/mol. The first-order valence-corrected chi connectivity index (χ1v) is 35.2. The lowest BCUT2D eigenvalue weighted by molar-refractivity contribution is -0.133. The number of carbonyl (C=O) groups is 3. The second-order valence-electron chi connectivity index (χ2n) is 24.9. The molecule has 0 atom stereocenters. The van der Waals surface area contributed by atoms with Crippen LogP contribution in [0.5, 0.6) is 0 Å². The van der Waals surface area contributed by atoms with Gasteiger partial charge in [-0.15, -0.1) is 0 Å². The Hall–Kier alpha value is -8.59. The van der Waals surface area contributed by atoms with Gasteiger partial charge < -0.3 is 55.9 Å². The van der Waals surface area contributed by atoms with Gasteiger partial charge in [0.2, 0.25) is 5.91 Å². The zero-order chi connectivity index (χ0) is 69.7. The summed E-state index contributed by atoms with van der Waals surface area (Å²) in [4.78, 5) is 76.7. The van der Waals surface area contributed by atoms with E-state index in [-0.39, 0.29) is 17.7 Å². The highest BCUT2D eigenvalue weighted by molar-refractivity contribution is 6.37. The number of piperazine rings is 3. The van der Waals surface area contributed by atoms with Crippen molar-refractivity contribution >= 4 is 122 Å². The number of anilines is 3. The van der Waals surface area contributed by atoms with E-state index in [0.717, 1.165) is 124 Å². The molecule has 0 saturated carbocycles. The van der Waals surface area contributed by atoms with Crippen molar-refractivity contribution in [3.63, 3.8) is 0 Å². The van der Waals surface area contributed by atoms with Crippen LogP contribution in [-0.4, -0.2) is 172 Å². The first-order valence-electron chi connectivity index (χ1n) is 32.9. The van der Waals surface area contributed by atoms with Gasteiger partial charge in [0.1, 0.15) is 45.8 Å². The van der Waals surface area contributed by atoms with Crippen LogP contribution in [0.3, 0.4) is 0 Å². The smallest absolute Gasteiger partial charge is 0.274 e. The average molecular weight is 1470 g/mol. The average Bonchev–Trinajstić information content (AvgIpc) is 1.54. The third kappa shape index (κ3) is 15.2. The van der Waals surface area contributed by atoms with Crippen molar-refractivity contribution in [3.8, 4) is 33.4 Å². The Bertz CT molecular complexity index is 4780. The summed E-state index contributed by atoms with van der Waals surface area (Å²) in [5.74, 6) is 3.48. The van der Waals surface area contributed by atoms with Gasteiger partial charge in [0.25, 0.3) is 11.8 Å². The number of hydrogen-bond donors (Lipinski definition) is 3. The molecular formula is C71H73Cl6N19O4. The van der Waals surface area contributed by atoms with Crippen LogP contribution in [0.15, 0.2) is 141 Å². The van der Waals surface area contributed by atoms with Gasteiger partial charge in [0.15, 0.2) is 0 Å². The fourth-order valence-electron chi connectivity index (χ4n) is 13.3. The highest BCUT2D eigenvalue weighted by atomic mass is 35.5. The number of nitrogens with two attached hydrogens (primary N) is 3. The van der Waals surface area contributed by atoms with Crippen molar-refractivity contribution in [2.75, 3.05) is 106 Å². The summed E-state index contributed by atoms with van der Waals surface area (Å²) in [6.45, 7) is 10.7. The zero-order valence-electron chi connectivity index (χ0n) is 54.8. The lowest BCUT2D eigenvalue weighted by atomic mass is 9.96. The van der Waals surface area contributed by atoms with Gasteiger partial charge in [-0.1, -0.05) is 87.8 Å². The molecule has 3 aromatic carbocycles. The van der Waals surface area contributed by atoms with Crippen molar-refractivity contribution in [1.29, 1.82) is 0 Å². The Morgan fingerprint density at radius 1 is 0.450 bits per heavy atom. The van der Waals surface area contributed by atoms with E-state index in [0.29, 0.717) is 139 Å². The standard InChI is InChI=1S/C25H29Cl2N5O2.C23H23Cl2N7O.C23H21Cl2N7O/c26-19-1-2-20(22(27)13-19)21-16-32-23(12-18(21)14-28)29-15-24(32)30-5-7-31(8-6-30)25(33)11-17-3-9-34-10-4-17;1-29-13-20(28-14-29)23(33)31-6-4-30(5-7-31)22-11-27-21-8-15(10-26)18(12-32(21)22)17-3-2-16(24)9-19(17)25;24-16-1-2-17(19(25)10-16)18-14-32-21(9-15(18)11-26)29-13-22(32)30-5-7-31(8-6-30)23(33)20-12-27-3-4-28-20/h1-2,12-13,15-17H,3-11,14,28H2;2-3,8-9,11-14H,4-7,10,26H2,1H3;1-4,9-10,12-14H,5-8,11,26H2. The van der Waals surface area contributed by atoms with Crippen molar-refractivity contribution < 1.29 is 19.1 Å². The van der Waals surface area contributed by atoms with Crippen LogP contribution < -0.4 is 31.9 Å². The van der Waals surface area contributed by atoms with Gasteiger partial charge in [-0.2, -0.15) is 0 Å². The molecule has 0 bridgehead atoms. The van der Waals surface area contributed by atoms with Crippen molar-refractivity contribution in [1.82, 2.24) is 62.4 Å². The number of aryl methyl sites for hydroxylation is 1. The largest absolute Gasteiger partial charge is 0.381 e. The number of fused-ring (bicyclic) bond motifs is 3. The molecule has 12 heterocycles. The Balaban J connectivity index is 0.000000134. The molecule has 4 aliphatic heterocycles. The molecule has 0 spiro atoms.